The molecule has 2 amide bonds. The van der Waals surface area contributed by atoms with E-state index in [9.17, 15) is 14.4 Å². The van der Waals surface area contributed by atoms with Crippen LogP contribution in [-0.4, -0.2) is 35.2 Å². The lowest BCUT2D eigenvalue weighted by molar-refractivity contribution is -0.137. The molecule has 0 aromatic heterocycles. The quantitative estimate of drug-likeness (QED) is 0.669. The molecule has 0 saturated carbocycles. The average molecular weight is 322 g/mol. The molecule has 0 spiro atoms. The molecular weight excluding hydrogens is 300 g/mol. The molecule has 126 valence electrons. The minimum Gasteiger partial charge on any atom is -0.481 e. The van der Waals surface area contributed by atoms with Crippen LogP contribution < -0.4 is 10.6 Å². The number of urea groups is 1. The maximum Gasteiger partial charge on any atom is 0.338 e. The molecule has 0 bridgehead atoms. The number of hydrogen-bond donors (Lipinski definition) is 3. The number of amides is 2. The third kappa shape index (κ3) is 6.82. The summed E-state index contributed by atoms with van der Waals surface area (Å²) in [5.41, 5.74) is 0.275. The summed E-state index contributed by atoms with van der Waals surface area (Å²) in [6.07, 6.45) is 0.291. The van der Waals surface area contributed by atoms with Crippen LogP contribution in [0.5, 0.6) is 0 Å². The summed E-state index contributed by atoms with van der Waals surface area (Å²) in [7, 11) is 0. The lowest BCUT2D eigenvalue weighted by Gasteiger charge is -2.25. The van der Waals surface area contributed by atoms with E-state index in [1.165, 1.54) is 0 Å². The van der Waals surface area contributed by atoms with Gasteiger partial charge in [-0.2, -0.15) is 0 Å². The molecule has 7 heteroatoms. The molecule has 0 atom stereocenters. The Morgan fingerprint density at radius 2 is 1.78 bits per heavy atom. The van der Waals surface area contributed by atoms with Gasteiger partial charge >= 0.3 is 18.0 Å². The van der Waals surface area contributed by atoms with E-state index in [1.807, 2.05) is 0 Å². The van der Waals surface area contributed by atoms with Gasteiger partial charge < -0.3 is 20.5 Å². The van der Waals surface area contributed by atoms with E-state index in [2.05, 4.69) is 10.6 Å². The van der Waals surface area contributed by atoms with Crippen LogP contribution in [0.1, 0.15) is 44.0 Å². The Labute approximate surface area is 135 Å². The molecule has 1 aromatic carbocycles. The molecule has 0 aliphatic carbocycles. The molecule has 0 heterocycles. The number of carbonyl (C=O) groups is 3. The number of ether oxygens (including phenoxy) is 1. The van der Waals surface area contributed by atoms with Crippen molar-refractivity contribution in [3.63, 3.8) is 0 Å². The van der Waals surface area contributed by atoms with E-state index in [-0.39, 0.29) is 6.42 Å². The van der Waals surface area contributed by atoms with Crippen molar-refractivity contribution < 1.29 is 24.2 Å². The lowest BCUT2D eigenvalue weighted by atomic mass is 9.99. The Hall–Kier alpha value is -2.57. The Balaban J connectivity index is 2.57. The van der Waals surface area contributed by atoms with Gasteiger partial charge in [-0.15, -0.1) is 0 Å². The van der Waals surface area contributed by atoms with Crippen molar-refractivity contribution in [2.24, 2.45) is 0 Å². The predicted molar refractivity (Wildman–Crippen MR) is 85.5 cm³/mol. The molecule has 1 rings (SSSR count). The lowest BCUT2D eigenvalue weighted by Crippen LogP contribution is -2.45. The number of carbonyl (C=O) groups excluding carboxylic acids is 2. The first kappa shape index (κ1) is 18.5. The predicted octanol–water partition coefficient (Wildman–Crippen LogP) is 2.63. The van der Waals surface area contributed by atoms with Crippen LogP contribution >= 0.6 is 0 Å². The largest absolute Gasteiger partial charge is 0.481 e. The van der Waals surface area contributed by atoms with Gasteiger partial charge in [0.2, 0.25) is 0 Å². The van der Waals surface area contributed by atoms with Crippen LogP contribution in [0.25, 0.3) is 0 Å². The summed E-state index contributed by atoms with van der Waals surface area (Å²) >= 11 is 0. The highest BCUT2D eigenvalue weighted by Gasteiger charge is 2.21. The zero-order valence-corrected chi connectivity index (χ0v) is 13.5. The Bertz CT molecular complexity index is 566. The summed E-state index contributed by atoms with van der Waals surface area (Å²) in [4.78, 5) is 34.0. The number of rotatable bonds is 7. The van der Waals surface area contributed by atoms with Gasteiger partial charge in [-0.05, 0) is 51.5 Å². The number of carboxylic acid groups (broad SMARTS) is 1. The van der Waals surface area contributed by atoms with Crippen LogP contribution in [0.4, 0.5) is 10.5 Å². The second-order valence-electron chi connectivity index (χ2n) is 5.65. The van der Waals surface area contributed by atoms with Gasteiger partial charge in [-0.25, -0.2) is 9.59 Å². The third-order valence-corrected chi connectivity index (χ3v) is 3.07. The Morgan fingerprint density at radius 3 is 2.30 bits per heavy atom. The molecular formula is C16H22N2O5. The maximum atomic E-state index is 11.9. The fourth-order valence-electron chi connectivity index (χ4n) is 1.86. The molecule has 7 nitrogen and oxygen atoms in total. The zero-order valence-electron chi connectivity index (χ0n) is 13.5. The second kappa shape index (κ2) is 8.17. The van der Waals surface area contributed by atoms with Crippen molar-refractivity contribution >= 4 is 23.7 Å². The van der Waals surface area contributed by atoms with Crippen molar-refractivity contribution in [1.29, 1.82) is 0 Å². The normalized spacial score (nSPS) is 10.7. The van der Waals surface area contributed by atoms with E-state index in [4.69, 9.17) is 9.84 Å². The smallest absolute Gasteiger partial charge is 0.338 e. The standard InChI is InChI=1S/C16H22N2O5/c1-4-23-14(21)11-5-7-12(8-6-11)17-15(22)18-16(2,3)10-9-13(19)20/h5-8H,4,9-10H2,1-3H3,(H,19,20)(H2,17,18,22). The second-order valence-corrected chi connectivity index (χ2v) is 5.65. The molecule has 0 fully saturated rings. The third-order valence-electron chi connectivity index (χ3n) is 3.07. The molecule has 0 aliphatic heterocycles. The Morgan fingerprint density at radius 1 is 1.17 bits per heavy atom. The van der Waals surface area contributed by atoms with Gasteiger partial charge in [0.25, 0.3) is 0 Å². The zero-order chi connectivity index (χ0) is 17.5. The highest BCUT2D eigenvalue weighted by atomic mass is 16.5. The fraction of sp³-hybridized carbons (Fsp3) is 0.438. The highest BCUT2D eigenvalue weighted by molar-refractivity contribution is 5.92. The first-order valence-corrected chi connectivity index (χ1v) is 7.31. The summed E-state index contributed by atoms with van der Waals surface area (Å²) in [5, 5.41) is 14.0. The molecule has 0 radical (unpaired) electrons. The number of anilines is 1. The molecule has 23 heavy (non-hydrogen) atoms. The first-order chi connectivity index (χ1) is 10.7. The van der Waals surface area contributed by atoms with E-state index in [0.717, 1.165) is 0 Å². The molecule has 0 saturated heterocycles. The van der Waals surface area contributed by atoms with Crippen LogP contribution in [0.3, 0.4) is 0 Å². The summed E-state index contributed by atoms with van der Waals surface area (Å²) in [5.74, 6) is -1.33. The number of nitrogens with one attached hydrogen (secondary N) is 2. The SMILES string of the molecule is CCOC(=O)c1ccc(NC(=O)NC(C)(C)CCC(=O)O)cc1. The molecule has 0 aliphatic rings. The van der Waals surface area contributed by atoms with Crippen molar-refractivity contribution in [2.45, 2.75) is 39.2 Å². The van der Waals surface area contributed by atoms with Crippen LogP contribution in [0, 0.1) is 0 Å². The molecule has 3 N–H and O–H groups in total. The van der Waals surface area contributed by atoms with Crippen LogP contribution in [0.2, 0.25) is 0 Å². The number of carboxylic acids is 1. The van der Waals surface area contributed by atoms with Crippen LogP contribution in [-0.2, 0) is 9.53 Å². The van der Waals surface area contributed by atoms with E-state index in [0.29, 0.717) is 24.3 Å². The van der Waals surface area contributed by atoms with Gasteiger partial charge in [0, 0.05) is 17.6 Å². The number of aliphatic carboxylic acids is 1. The summed E-state index contributed by atoms with van der Waals surface area (Å²) < 4.78 is 4.87. The van der Waals surface area contributed by atoms with Gasteiger partial charge in [0.05, 0.1) is 12.2 Å². The summed E-state index contributed by atoms with van der Waals surface area (Å²) in [6.45, 7) is 5.52. The first-order valence-electron chi connectivity index (χ1n) is 7.31. The Kier molecular flexibility index (Phi) is 6.56. The minimum atomic E-state index is -0.908. The average Bonchev–Trinajstić information content (AvgIpc) is 2.45. The van der Waals surface area contributed by atoms with Gasteiger partial charge in [-0.3, -0.25) is 4.79 Å². The highest BCUT2D eigenvalue weighted by Crippen LogP contribution is 2.13. The van der Waals surface area contributed by atoms with Crippen LogP contribution in [0.15, 0.2) is 24.3 Å². The van der Waals surface area contributed by atoms with E-state index < -0.39 is 23.5 Å². The number of esters is 1. The van der Waals surface area contributed by atoms with E-state index in [1.54, 1.807) is 45.0 Å². The monoisotopic (exact) mass is 322 g/mol. The van der Waals surface area contributed by atoms with Gasteiger partial charge in [-0.1, -0.05) is 0 Å². The van der Waals surface area contributed by atoms with Crippen molar-refractivity contribution in [1.82, 2.24) is 5.32 Å². The van der Waals surface area contributed by atoms with Crippen molar-refractivity contribution in [3.8, 4) is 0 Å². The number of hydrogen-bond acceptors (Lipinski definition) is 4. The number of benzene rings is 1. The van der Waals surface area contributed by atoms with Crippen molar-refractivity contribution in [3.05, 3.63) is 29.8 Å². The molecule has 1 aromatic rings. The molecule has 0 unspecified atom stereocenters. The van der Waals surface area contributed by atoms with Crippen molar-refractivity contribution in [2.75, 3.05) is 11.9 Å². The fourth-order valence-corrected chi connectivity index (χ4v) is 1.86. The minimum absolute atomic E-state index is 0.0263. The van der Waals surface area contributed by atoms with Gasteiger partial charge in [0.1, 0.15) is 0 Å². The summed E-state index contributed by atoms with van der Waals surface area (Å²) in [6, 6.07) is 5.86. The van der Waals surface area contributed by atoms with E-state index >= 15 is 0 Å². The maximum absolute atomic E-state index is 11.9. The topological polar surface area (TPSA) is 105 Å². The van der Waals surface area contributed by atoms with Gasteiger partial charge in [0.15, 0.2) is 0 Å².